The Balaban J connectivity index is 2.26. The molecule has 1 fully saturated rings. The fraction of sp³-hybridized carbons (Fsp3) is 0.846. The highest BCUT2D eigenvalue weighted by Gasteiger charge is 2.21. The van der Waals surface area contributed by atoms with E-state index >= 15 is 0 Å². The minimum atomic E-state index is -0.820. The Labute approximate surface area is 114 Å². The predicted octanol–water partition coefficient (Wildman–Crippen LogP) is 0.977. The van der Waals surface area contributed by atoms with Crippen LogP contribution < -0.4 is 5.32 Å². The standard InChI is InChI=1S/C13H25N3O3/c1-3-16-9-4-6-11(10-16)14-13(19)15(2)8-5-7-12(17)18/h11H,3-10H2,1-2H3,(H,14,19)(H,17,18). The molecule has 1 aliphatic heterocycles. The summed E-state index contributed by atoms with van der Waals surface area (Å²) in [5.74, 6) is -0.820. The number of nitrogens with zero attached hydrogens (tertiary/aromatic N) is 2. The van der Waals surface area contributed by atoms with Gasteiger partial charge in [-0.1, -0.05) is 6.92 Å². The van der Waals surface area contributed by atoms with Crippen LogP contribution in [0.25, 0.3) is 0 Å². The first-order chi connectivity index (χ1) is 9.02. The van der Waals surface area contributed by atoms with Crippen molar-refractivity contribution in [3.63, 3.8) is 0 Å². The lowest BCUT2D eigenvalue weighted by Crippen LogP contribution is -2.50. The Kier molecular flexibility index (Phi) is 6.62. The van der Waals surface area contributed by atoms with Gasteiger partial charge < -0.3 is 20.2 Å². The third-order valence-corrected chi connectivity index (χ3v) is 3.51. The van der Waals surface area contributed by atoms with Crippen LogP contribution in [0, 0.1) is 0 Å². The smallest absolute Gasteiger partial charge is 0.317 e. The van der Waals surface area contributed by atoms with Gasteiger partial charge in [0, 0.05) is 32.6 Å². The van der Waals surface area contributed by atoms with Gasteiger partial charge in [-0.05, 0) is 32.4 Å². The molecule has 0 saturated carbocycles. The molecule has 0 radical (unpaired) electrons. The summed E-state index contributed by atoms with van der Waals surface area (Å²) in [7, 11) is 1.71. The molecule has 19 heavy (non-hydrogen) atoms. The van der Waals surface area contributed by atoms with E-state index in [9.17, 15) is 9.59 Å². The normalized spacial score (nSPS) is 20.0. The first-order valence-corrected chi connectivity index (χ1v) is 6.98. The second-order valence-electron chi connectivity index (χ2n) is 5.10. The molecule has 6 heteroatoms. The molecule has 0 aromatic heterocycles. The van der Waals surface area contributed by atoms with E-state index in [4.69, 9.17) is 5.11 Å². The zero-order valence-electron chi connectivity index (χ0n) is 11.9. The van der Waals surface area contributed by atoms with Gasteiger partial charge in [-0.2, -0.15) is 0 Å². The molecule has 0 bridgehead atoms. The number of piperidine rings is 1. The number of hydrogen-bond donors (Lipinski definition) is 2. The lowest BCUT2D eigenvalue weighted by Gasteiger charge is -2.33. The Hall–Kier alpha value is -1.30. The maximum Gasteiger partial charge on any atom is 0.317 e. The number of carboxylic acids is 1. The Morgan fingerprint density at radius 2 is 2.21 bits per heavy atom. The first-order valence-electron chi connectivity index (χ1n) is 6.98. The number of rotatable bonds is 6. The first kappa shape index (κ1) is 15.8. The molecule has 0 aliphatic carbocycles. The quantitative estimate of drug-likeness (QED) is 0.755. The van der Waals surface area contributed by atoms with Crippen LogP contribution in [-0.2, 0) is 4.79 Å². The average molecular weight is 271 g/mol. The molecule has 0 spiro atoms. The second kappa shape index (κ2) is 7.99. The number of aliphatic carboxylic acids is 1. The van der Waals surface area contributed by atoms with E-state index in [2.05, 4.69) is 17.1 Å². The summed E-state index contributed by atoms with van der Waals surface area (Å²) in [6.45, 7) is 5.63. The van der Waals surface area contributed by atoms with Crippen molar-refractivity contribution in [1.82, 2.24) is 15.1 Å². The fourth-order valence-corrected chi connectivity index (χ4v) is 2.31. The van der Waals surface area contributed by atoms with Crippen LogP contribution in [0.2, 0.25) is 0 Å². The minimum Gasteiger partial charge on any atom is -0.481 e. The van der Waals surface area contributed by atoms with E-state index in [1.54, 1.807) is 11.9 Å². The molecule has 1 atom stereocenters. The van der Waals surface area contributed by atoms with Gasteiger partial charge in [0.1, 0.15) is 0 Å². The molecule has 1 unspecified atom stereocenters. The van der Waals surface area contributed by atoms with Crippen molar-refractivity contribution in [3.8, 4) is 0 Å². The van der Waals surface area contributed by atoms with E-state index in [0.29, 0.717) is 13.0 Å². The Bertz CT molecular complexity index is 310. The molecule has 0 aromatic carbocycles. The summed E-state index contributed by atoms with van der Waals surface area (Å²) < 4.78 is 0. The molecule has 1 heterocycles. The Morgan fingerprint density at radius 1 is 1.47 bits per heavy atom. The largest absolute Gasteiger partial charge is 0.481 e. The molecule has 2 amide bonds. The number of likely N-dealkylation sites (tertiary alicyclic amines) is 1. The van der Waals surface area contributed by atoms with Crippen molar-refractivity contribution in [2.45, 2.75) is 38.6 Å². The number of amides is 2. The molecule has 2 N–H and O–H groups in total. The van der Waals surface area contributed by atoms with Gasteiger partial charge in [-0.15, -0.1) is 0 Å². The van der Waals surface area contributed by atoms with Crippen molar-refractivity contribution in [2.24, 2.45) is 0 Å². The third kappa shape index (κ3) is 5.92. The van der Waals surface area contributed by atoms with Crippen LogP contribution in [0.3, 0.4) is 0 Å². The summed E-state index contributed by atoms with van der Waals surface area (Å²) in [4.78, 5) is 26.2. The number of nitrogens with one attached hydrogen (secondary N) is 1. The molecule has 110 valence electrons. The molecule has 1 rings (SSSR count). The van der Waals surface area contributed by atoms with Crippen molar-refractivity contribution >= 4 is 12.0 Å². The van der Waals surface area contributed by atoms with Gasteiger partial charge in [-0.3, -0.25) is 4.79 Å². The second-order valence-corrected chi connectivity index (χ2v) is 5.10. The highest BCUT2D eigenvalue weighted by atomic mass is 16.4. The summed E-state index contributed by atoms with van der Waals surface area (Å²) >= 11 is 0. The number of carbonyl (C=O) groups excluding carboxylic acids is 1. The van der Waals surface area contributed by atoms with Gasteiger partial charge in [0.2, 0.25) is 0 Å². The zero-order chi connectivity index (χ0) is 14.3. The number of urea groups is 1. The van der Waals surface area contributed by atoms with Gasteiger partial charge in [0.05, 0.1) is 0 Å². The van der Waals surface area contributed by atoms with Gasteiger partial charge in [0.25, 0.3) is 0 Å². The molecule has 1 saturated heterocycles. The van der Waals surface area contributed by atoms with Crippen LogP contribution in [0.15, 0.2) is 0 Å². The summed E-state index contributed by atoms with van der Waals surface area (Å²) in [5.41, 5.74) is 0. The maximum absolute atomic E-state index is 11.9. The third-order valence-electron chi connectivity index (χ3n) is 3.51. The van der Waals surface area contributed by atoms with Gasteiger partial charge >= 0.3 is 12.0 Å². The number of carboxylic acid groups (broad SMARTS) is 1. The van der Waals surface area contributed by atoms with E-state index < -0.39 is 5.97 Å². The molecular formula is C13H25N3O3. The minimum absolute atomic E-state index is 0.102. The molecule has 6 nitrogen and oxygen atoms in total. The SMILES string of the molecule is CCN1CCCC(NC(=O)N(C)CCCC(=O)O)C1. The predicted molar refractivity (Wildman–Crippen MR) is 73.2 cm³/mol. The Morgan fingerprint density at radius 3 is 2.84 bits per heavy atom. The summed E-state index contributed by atoms with van der Waals surface area (Å²) in [6.07, 6.45) is 2.72. The van der Waals surface area contributed by atoms with E-state index in [1.165, 1.54) is 0 Å². The van der Waals surface area contributed by atoms with Crippen LogP contribution >= 0.6 is 0 Å². The highest BCUT2D eigenvalue weighted by molar-refractivity contribution is 5.74. The molecular weight excluding hydrogens is 246 g/mol. The van der Waals surface area contributed by atoms with E-state index in [1.807, 2.05) is 0 Å². The lowest BCUT2D eigenvalue weighted by molar-refractivity contribution is -0.137. The van der Waals surface area contributed by atoms with Crippen molar-refractivity contribution in [2.75, 3.05) is 33.2 Å². The van der Waals surface area contributed by atoms with Crippen LogP contribution in [0.5, 0.6) is 0 Å². The van der Waals surface area contributed by atoms with Crippen molar-refractivity contribution in [3.05, 3.63) is 0 Å². The van der Waals surface area contributed by atoms with Crippen molar-refractivity contribution < 1.29 is 14.7 Å². The fourth-order valence-electron chi connectivity index (χ4n) is 2.31. The van der Waals surface area contributed by atoms with Crippen LogP contribution in [0.4, 0.5) is 4.79 Å². The van der Waals surface area contributed by atoms with E-state index in [0.717, 1.165) is 32.5 Å². The summed E-state index contributed by atoms with van der Waals surface area (Å²) in [6, 6.07) is 0.108. The van der Waals surface area contributed by atoms with Gasteiger partial charge in [-0.25, -0.2) is 4.79 Å². The van der Waals surface area contributed by atoms with Gasteiger partial charge in [0.15, 0.2) is 0 Å². The zero-order valence-corrected chi connectivity index (χ0v) is 11.9. The van der Waals surface area contributed by atoms with E-state index in [-0.39, 0.29) is 18.5 Å². The molecule has 0 aromatic rings. The highest BCUT2D eigenvalue weighted by Crippen LogP contribution is 2.09. The van der Waals surface area contributed by atoms with Crippen LogP contribution in [-0.4, -0.2) is 66.2 Å². The lowest BCUT2D eigenvalue weighted by atomic mass is 10.1. The monoisotopic (exact) mass is 271 g/mol. The van der Waals surface area contributed by atoms with Crippen LogP contribution in [0.1, 0.15) is 32.6 Å². The topological polar surface area (TPSA) is 72.9 Å². The average Bonchev–Trinajstić information content (AvgIpc) is 2.38. The maximum atomic E-state index is 11.9. The van der Waals surface area contributed by atoms with Crippen molar-refractivity contribution in [1.29, 1.82) is 0 Å². The molecule has 1 aliphatic rings. The summed E-state index contributed by atoms with van der Waals surface area (Å²) in [5, 5.41) is 11.6. The number of carbonyl (C=O) groups is 2. The number of hydrogen-bond acceptors (Lipinski definition) is 3. The number of likely N-dealkylation sites (N-methyl/N-ethyl adjacent to an activating group) is 1.